The molecule has 0 spiro atoms. The van der Waals surface area contributed by atoms with Crippen LogP contribution in [0.1, 0.15) is 25.3 Å². The van der Waals surface area contributed by atoms with E-state index in [1.807, 2.05) is 0 Å². The Bertz CT molecular complexity index is 1700. The Kier molecular flexibility index (Phi) is 10.0. The Labute approximate surface area is 242 Å². The zero-order chi connectivity index (χ0) is 33.7. The van der Waals surface area contributed by atoms with Gasteiger partial charge < -0.3 is 0 Å². The molecule has 2 aromatic rings. The summed E-state index contributed by atoms with van der Waals surface area (Å²) in [6.07, 6.45) is -6.15. The van der Waals surface area contributed by atoms with E-state index in [1.54, 1.807) is 0 Å². The average molecular weight is 716 g/mol. The van der Waals surface area contributed by atoms with Crippen molar-refractivity contribution in [2.75, 3.05) is 0 Å². The third kappa shape index (κ3) is 7.08. The minimum absolute atomic E-state index is 0.141. The fourth-order valence-corrected chi connectivity index (χ4v) is 9.00. The van der Waals surface area contributed by atoms with E-state index in [1.165, 1.54) is 0 Å². The van der Waals surface area contributed by atoms with Crippen molar-refractivity contribution in [1.29, 1.82) is 0 Å². The Morgan fingerprint density at radius 1 is 0.814 bits per heavy atom. The van der Waals surface area contributed by atoms with Crippen LogP contribution in [0.15, 0.2) is 57.2 Å². The molecule has 2 rings (SSSR count). The molecule has 2 N–H and O–H groups in total. The minimum atomic E-state index is -7.01. The molecule has 0 fully saturated rings. The smallest absolute Gasteiger partial charge is 0.282 e. The fourth-order valence-electron chi connectivity index (χ4n) is 3.43. The normalized spacial score (nSPS) is 15.7. The molecule has 244 valence electrons. The second-order valence-electron chi connectivity index (χ2n) is 8.78. The predicted octanol–water partition coefficient (Wildman–Crippen LogP) is 5.75. The van der Waals surface area contributed by atoms with Crippen LogP contribution < -0.4 is 4.13 Å². The lowest BCUT2D eigenvalue weighted by Gasteiger charge is -2.38. The lowest BCUT2D eigenvalue weighted by molar-refractivity contribution is -0.287. The van der Waals surface area contributed by atoms with Crippen LogP contribution in [0, 0.1) is 12.7 Å². The number of rotatable bonds is 13. The second kappa shape index (κ2) is 11.7. The van der Waals surface area contributed by atoms with Gasteiger partial charge in [-0.15, -0.1) is 4.13 Å². The molecule has 0 bridgehead atoms. The summed E-state index contributed by atoms with van der Waals surface area (Å²) in [4.78, 5) is -4.04. The number of halogens is 10. The Morgan fingerprint density at radius 3 is 1.79 bits per heavy atom. The third-order valence-electron chi connectivity index (χ3n) is 5.69. The van der Waals surface area contributed by atoms with Gasteiger partial charge in [-0.25, -0.2) is 25.6 Å². The first-order valence-electron chi connectivity index (χ1n) is 11.1. The summed E-state index contributed by atoms with van der Waals surface area (Å²) in [5.41, 5.74) is -0.389. The Morgan fingerprint density at radius 2 is 1.33 bits per heavy atom. The fraction of sp³-hybridized carbons (Fsp3) is 0.429. The molecule has 0 amide bonds. The van der Waals surface area contributed by atoms with E-state index in [2.05, 4.69) is 0 Å². The van der Waals surface area contributed by atoms with E-state index in [-0.39, 0.29) is 22.7 Å². The monoisotopic (exact) mass is 715 g/mol. The Hall–Kier alpha value is -2.14. The molecule has 43 heavy (non-hydrogen) atoms. The number of hydrogen-bond acceptors (Lipinski definition) is 7. The second-order valence-corrected chi connectivity index (χ2v) is 15.1. The van der Waals surface area contributed by atoms with E-state index in [4.69, 9.17) is 4.55 Å². The average Bonchev–Trinajstić information content (AvgIpc) is 2.83. The maximum atomic E-state index is 15.5. The molecule has 0 aromatic heterocycles. The molecule has 0 heterocycles. The first-order valence-corrected chi connectivity index (χ1v) is 16.3. The molecule has 0 saturated carbocycles. The van der Waals surface area contributed by atoms with Crippen LogP contribution >= 0.6 is 11.8 Å². The maximum Gasteiger partial charge on any atom is 0.360 e. The van der Waals surface area contributed by atoms with Gasteiger partial charge in [-0.3, -0.25) is 4.55 Å². The molecule has 1 atom stereocenters. The molecule has 2 aromatic carbocycles. The number of thioether (sulfide) groups is 1. The van der Waals surface area contributed by atoms with Gasteiger partial charge in [-0.05, 0) is 54.6 Å². The molecule has 1 unspecified atom stereocenters. The number of alkyl halides is 9. The van der Waals surface area contributed by atoms with Gasteiger partial charge in [0, 0.05) is 11.3 Å². The van der Waals surface area contributed by atoms with Gasteiger partial charge in [0.05, 0.1) is 6.42 Å². The first kappa shape index (κ1) is 37.0. The van der Waals surface area contributed by atoms with E-state index < -0.39 is 103 Å². The largest absolute Gasteiger partial charge is 0.360 e. The van der Waals surface area contributed by atoms with Crippen LogP contribution in [0.4, 0.5) is 43.9 Å². The van der Waals surface area contributed by atoms with Crippen molar-refractivity contribution in [3.8, 4) is 0 Å². The van der Waals surface area contributed by atoms with E-state index >= 15 is 4.39 Å². The van der Waals surface area contributed by atoms with E-state index in [0.717, 1.165) is 19.1 Å². The number of benzene rings is 2. The van der Waals surface area contributed by atoms with E-state index in [0.29, 0.717) is 24.3 Å². The lowest BCUT2D eigenvalue weighted by Crippen LogP contribution is -2.64. The van der Waals surface area contributed by atoms with Crippen LogP contribution in [0.3, 0.4) is 0 Å². The van der Waals surface area contributed by atoms with Crippen LogP contribution in [0.5, 0.6) is 0 Å². The van der Waals surface area contributed by atoms with Gasteiger partial charge in [-0.1, -0.05) is 19.1 Å². The summed E-state index contributed by atoms with van der Waals surface area (Å²) in [7, 11) is -18.5. The number of nitrogens with one attached hydrogen (secondary N) is 1. The van der Waals surface area contributed by atoms with Crippen molar-refractivity contribution in [2.24, 2.45) is 0 Å². The van der Waals surface area contributed by atoms with Gasteiger partial charge in [0.2, 0.25) is 0 Å². The molecule has 0 radical (unpaired) electrons. The molecular formula is C21H19F10NO7S4. The zero-order valence-corrected chi connectivity index (χ0v) is 24.5. The van der Waals surface area contributed by atoms with Crippen molar-refractivity contribution in [3.63, 3.8) is 0 Å². The highest BCUT2D eigenvalue weighted by atomic mass is 32.3. The molecule has 0 aliphatic heterocycles. The molecule has 0 aliphatic rings. The lowest BCUT2D eigenvalue weighted by atomic mass is 9.98. The molecule has 0 aliphatic carbocycles. The van der Waals surface area contributed by atoms with Crippen molar-refractivity contribution < 1.29 is 73.7 Å². The van der Waals surface area contributed by atoms with Gasteiger partial charge in [-0.2, -0.15) is 43.5 Å². The van der Waals surface area contributed by atoms with Gasteiger partial charge in [0.15, 0.2) is 0 Å². The minimum Gasteiger partial charge on any atom is -0.282 e. The van der Waals surface area contributed by atoms with Crippen LogP contribution in [-0.2, 0) is 30.2 Å². The number of hydrogen-bond donors (Lipinski definition) is 2. The van der Waals surface area contributed by atoms with Crippen LogP contribution in [0.25, 0.3) is 0 Å². The van der Waals surface area contributed by atoms with Crippen LogP contribution in [0.2, 0.25) is 0 Å². The summed E-state index contributed by atoms with van der Waals surface area (Å²) in [5, 5.41) is -11.5. The summed E-state index contributed by atoms with van der Waals surface area (Å²) in [6, 6.07) is 3.84. The number of sulfonamides is 2. The highest BCUT2D eigenvalue weighted by Gasteiger charge is 2.78. The van der Waals surface area contributed by atoms with Crippen molar-refractivity contribution >= 4 is 41.9 Å². The van der Waals surface area contributed by atoms with Crippen molar-refractivity contribution in [2.45, 2.75) is 69.4 Å². The summed E-state index contributed by atoms with van der Waals surface area (Å²) < 4.78 is 228. The predicted molar refractivity (Wildman–Crippen MR) is 131 cm³/mol. The molecule has 8 nitrogen and oxygen atoms in total. The molecule has 22 heteroatoms. The molecule has 0 saturated heterocycles. The van der Waals surface area contributed by atoms with Crippen molar-refractivity contribution in [3.05, 3.63) is 53.8 Å². The van der Waals surface area contributed by atoms with E-state index in [9.17, 15) is 64.8 Å². The topological polar surface area (TPSA) is 135 Å². The standard InChI is InChI=1S/C21H19F10NO7S4/c1-3-19(27,43(38,39)32-41(33,34)15-6-4-5-7-16(15)42(35,36)37)20(28,29)17(23,24)11-18(25,26)21(30,31)40-14-9-8-13(22)10-12(14)2/h4-10,32H,3,11H2,1-2H3,(H,35,36,37). The summed E-state index contributed by atoms with van der Waals surface area (Å²) in [6.45, 7) is 1.10. The number of aryl methyl sites for hydroxylation is 1. The highest BCUT2D eigenvalue weighted by Crippen LogP contribution is 2.57. The van der Waals surface area contributed by atoms with Crippen LogP contribution in [-0.4, -0.2) is 57.8 Å². The quantitative estimate of drug-likeness (QED) is 0.152. The molecular weight excluding hydrogens is 696 g/mol. The third-order valence-corrected chi connectivity index (χ3v) is 12.1. The van der Waals surface area contributed by atoms with Gasteiger partial charge in [0.1, 0.15) is 15.6 Å². The SMILES string of the molecule is CCC(F)(C(F)(F)C(F)(F)CC(F)(F)C(F)(F)Sc1ccc(F)cc1C)S(=O)(=O)NS(=O)(=O)c1ccccc1S(=O)(=O)O. The first-order chi connectivity index (χ1) is 19.1. The van der Waals surface area contributed by atoms with Gasteiger partial charge in [0.25, 0.3) is 35.2 Å². The zero-order valence-electron chi connectivity index (χ0n) is 21.3. The highest BCUT2D eigenvalue weighted by molar-refractivity contribution is 8.05. The maximum absolute atomic E-state index is 15.5. The summed E-state index contributed by atoms with van der Waals surface area (Å²) >= 11 is -1.13. The van der Waals surface area contributed by atoms with Gasteiger partial charge >= 0.3 is 23.0 Å². The summed E-state index contributed by atoms with van der Waals surface area (Å²) in [5.74, 6) is -20.6. The van der Waals surface area contributed by atoms with Crippen molar-refractivity contribution in [1.82, 2.24) is 4.13 Å². The Balaban J connectivity index is 2.53.